The summed E-state index contributed by atoms with van der Waals surface area (Å²) in [6.45, 7) is 9.70. The predicted molar refractivity (Wildman–Crippen MR) is 64.0 cm³/mol. The summed E-state index contributed by atoms with van der Waals surface area (Å²) >= 11 is 0. The first kappa shape index (κ1) is 12.0. The molecule has 0 bridgehead atoms. The standard InChI is InChI=1S/C12H21N3/c1-5-7-13-10-6-8-14-11(15-10)9-12(2,3)4/h6,8H,5,7,9H2,1-4H3,(H,13,14,15). The van der Waals surface area contributed by atoms with Crippen molar-refractivity contribution in [1.82, 2.24) is 9.97 Å². The summed E-state index contributed by atoms with van der Waals surface area (Å²) in [6, 6.07) is 1.92. The molecule has 0 atom stereocenters. The van der Waals surface area contributed by atoms with Gasteiger partial charge >= 0.3 is 0 Å². The molecule has 0 aliphatic rings. The molecule has 0 aliphatic carbocycles. The fourth-order valence-electron chi connectivity index (χ4n) is 1.31. The van der Waals surface area contributed by atoms with Crippen molar-refractivity contribution in [1.29, 1.82) is 0 Å². The van der Waals surface area contributed by atoms with Crippen LogP contribution in [0.1, 0.15) is 39.9 Å². The monoisotopic (exact) mass is 207 g/mol. The maximum atomic E-state index is 4.47. The van der Waals surface area contributed by atoms with Gasteiger partial charge in [-0.15, -0.1) is 0 Å². The second-order valence-electron chi connectivity index (χ2n) is 5.02. The number of nitrogens with one attached hydrogen (secondary N) is 1. The fourth-order valence-corrected chi connectivity index (χ4v) is 1.31. The van der Waals surface area contributed by atoms with E-state index in [1.54, 1.807) is 0 Å². The lowest BCUT2D eigenvalue weighted by Crippen LogP contribution is -2.13. The van der Waals surface area contributed by atoms with Gasteiger partial charge in [0.05, 0.1) is 0 Å². The lowest BCUT2D eigenvalue weighted by atomic mass is 9.92. The van der Waals surface area contributed by atoms with Crippen LogP contribution in [0.5, 0.6) is 0 Å². The van der Waals surface area contributed by atoms with Gasteiger partial charge in [0, 0.05) is 19.2 Å². The van der Waals surface area contributed by atoms with Crippen molar-refractivity contribution in [2.45, 2.75) is 40.5 Å². The summed E-state index contributed by atoms with van der Waals surface area (Å²) in [5.74, 6) is 1.86. The van der Waals surface area contributed by atoms with Crippen LogP contribution in [0, 0.1) is 5.41 Å². The van der Waals surface area contributed by atoms with Gasteiger partial charge in [0.2, 0.25) is 0 Å². The largest absolute Gasteiger partial charge is 0.370 e. The second kappa shape index (κ2) is 5.10. The molecule has 0 aliphatic heterocycles. The SMILES string of the molecule is CCCNc1ccnc(CC(C)(C)C)n1. The molecule has 1 aromatic heterocycles. The van der Waals surface area contributed by atoms with E-state index in [9.17, 15) is 0 Å². The molecule has 15 heavy (non-hydrogen) atoms. The predicted octanol–water partition coefficient (Wildman–Crippen LogP) is 2.89. The molecule has 0 fully saturated rings. The Morgan fingerprint density at radius 3 is 2.67 bits per heavy atom. The van der Waals surface area contributed by atoms with Gasteiger partial charge in [-0.2, -0.15) is 0 Å². The minimum Gasteiger partial charge on any atom is -0.370 e. The molecule has 0 saturated heterocycles. The highest BCUT2D eigenvalue weighted by Gasteiger charge is 2.13. The van der Waals surface area contributed by atoms with Crippen LogP contribution in [-0.4, -0.2) is 16.5 Å². The molecule has 0 aromatic carbocycles. The van der Waals surface area contributed by atoms with Crippen LogP contribution in [0.2, 0.25) is 0 Å². The Morgan fingerprint density at radius 2 is 2.07 bits per heavy atom. The molecule has 1 aromatic rings. The third-order valence-electron chi connectivity index (χ3n) is 1.95. The highest BCUT2D eigenvalue weighted by atomic mass is 15.0. The quantitative estimate of drug-likeness (QED) is 0.825. The summed E-state index contributed by atoms with van der Waals surface area (Å²) < 4.78 is 0. The molecule has 0 spiro atoms. The summed E-state index contributed by atoms with van der Waals surface area (Å²) in [7, 11) is 0. The van der Waals surface area contributed by atoms with Crippen molar-refractivity contribution in [2.24, 2.45) is 5.41 Å². The van der Waals surface area contributed by atoms with Gasteiger partial charge in [-0.1, -0.05) is 27.7 Å². The number of aromatic nitrogens is 2. The van der Waals surface area contributed by atoms with E-state index in [1.165, 1.54) is 0 Å². The molecule has 3 nitrogen and oxygen atoms in total. The molecule has 0 radical (unpaired) electrons. The van der Waals surface area contributed by atoms with E-state index in [0.717, 1.165) is 31.0 Å². The number of rotatable bonds is 4. The lowest BCUT2D eigenvalue weighted by Gasteiger charge is -2.16. The van der Waals surface area contributed by atoms with Crippen LogP contribution >= 0.6 is 0 Å². The van der Waals surface area contributed by atoms with Crippen LogP contribution in [0.4, 0.5) is 5.82 Å². The Balaban J connectivity index is 2.66. The maximum Gasteiger partial charge on any atom is 0.131 e. The third-order valence-corrected chi connectivity index (χ3v) is 1.95. The minimum atomic E-state index is 0.239. The normalized spacial score (nSPS) is 11.5. The Hall–Kier alpha value is -1.12. The molecule has 0 amide bonds. The summed E-state index contributed by atoms with van der Waals surface area (Å²) in [4.78, 5) is 8.76. The smallest absolute Gasteiger partial charge is 0.131 e. The first-order chi connectivity index (χ1) is 7.01. The van der Waals surface area contributed by atoms with E-state index < -0.39 is 0 Å². The minimum absolute atomic E-state index is 0.239. The highest BCUT2D eigenvalue weighted by Crippen LogP contribution is 2.18. The average molecular weight is 207 g/mol. The van der Waals surface area contributed by atoms with Crippen LogP contribution in [-0.2, 0) is 6.42 Å². The van der Waals surface area contributed by atoms with Crippen molar-refractivity contribution < 1.29 is 0 Å². The molecular weight excluding hydrogens is 186 g/mol. The summed E-state index contributed by atoms with van der Waals surface area (Å²) in [5, 5.41) is 3.27. The molecule has 3 heteroatoms. The zero-order valence-electron chi connectivity index (χ0n) is 10.2. The van der Waals surface area contributed by atoms with Crippen LogP contribution in [0.25, 0.3) is 0 Å². The summed E-state index contributed by atoms with van der Waals surface area (Å²) in [5.41, 5.74) is 0.239. The van der Waals surface area contributed by atoms with Crippen molar-refractivity contribution in [2.75, 3.05) is 11.9 Å². The Morgan fingerprint density at radius 1 is 1.33 bits per heavy atom. The topological polar surface area (TPSA) is 37.8 Å². The van der Waals surface area contributed by atoms with E-state index in [0.29, 0.717) is 0 Å². The molecule has 1 rings (SSSR count). The Bertz CT molecular complexity index is 302. The van der Waals surface area contributed by atoms with E-state index in [1.807, 2.05) is 12.3 Å². The molecule has 1 N–H and O–H groups in total. The number of nitrogens with zero attached hydrogens (tertiary/aromatic N) is 2. The van der Waals surface area contributed by atoms with Crippen molar-refractivity contribution in [3.63, 3.8) is 0 Å². The van der Waals surface area contributed by atoms with E-state index >= 15 is 0 Å². The van der Waals surface area contributed by atoms with Gasteiger partial charge in [0.15, 0.2) is 0 Å². The summed E-state index contributed by atoms with van der Waals surface area (Å²) in [6.07, 6.45) is 3.85. The zero-order valence-corrected chi connectivity index (χ0v) is 10.2. The first-order valence-corrected chi connectivity index (χ1v) is 5.57. The van der Waals surface area contributed by atoms with Gasteiger partial charge in [-0.25, -0.2) is 9.97 Å². The van der Waals surface area contributed by atoms with E-state index in [4.69, 9.17) is 0 Å². The van der Waals surface area contributed by atoms with Crippen LogP contribution in [0.15, 0.2) is 12.3 Å². The number of hydrogen-bond acceptors (Lipinski definition) is 3. The van der Waals surface area contributed by atoms with Gasteiger partial charge < -0.3 is 5.32 Å². The Kier molecular flexibility index (Phi) is 4.06. The van der Waals surface area contributed by atoms with Crippen LogP contribution in [0.3, 0.4) is 0 Å². The highest BCUT2D eigenvalue weighted by molar-refractivity contribution is 5.32. The molecule has 1 heterocycles. The first-order valence-electron chi connectivity index (χ1n) is 5.57. The van der Waals surface area contributed by atoms with Crippen molar-refractivity contribution in [3.05, 3.63) is 18.1 Å². The molecule has 84 valence electrons. The van der Waals surface area contributed by atoms with Crippen molar-refractivity contribution in [3.8, 4) is 0 Å². The van der Waals surface area contributed by atoms with Crippen LogP contribution < -0.4 is 5.32 Å². The zero-order chi connectivity index (χ0) is 11.3. The van der Waals surface area contributed by atoms with Crippen molar-refractivity contribution >= 4 is 5.82 Å². The molecule has 0 saturated carbocycles. The van der Waals surface area contributed by atoms with Gasteiger partial charge in [0.1, 0.15) is 11.6 Å². The van der Waals surface area contributed by atoms with Gasteiger partial charge in [-0.3, -0.25) is 0 Å². The number of anilines is 1. The average Bonchev–Trinajstić information content (AvgIpc) is 2.12. The van der Waals surface area contributed by atoms with Gasteiger partial charge in [0.25, 0.3) is 0 Å². The lowest BCUT2D eigenvalue weighted by molar-refractivity contribution is 0.401. The molecular formula is C12H21N3. The maximum absolute atomic E-state index is 4.47. The fraction of sp³-hybridized carbons (Fsp3) is 0.667. The van der Waals surface area contributed by atoms with Gasteiger partial charge in [-0.05, 0) is 17.9 Å². The second-order valence-corrected chi connectivity index (χ2v) is 5.02. The van der Waals surface area contributed by atoms with E-state index in [2.05, 4.69) is 43.0 Å². The number of hydrogen-bond donors (Lipinski definition) is 1. The van der Waals surface area contributed by atoms with E-state index in [-0.39, 0.29) is 5.41 Å². The Labute approximate surface area is 92.3 Å². The molecule has 0 unspecified atom stereocenters. The third kappa shape index (κ3) is 4.77.